The quantitative estimate of drug-likeness (QED) is 0.628. The number of hydrogen-bond donors (Lipinski definition) is 0. The Morgan fingerprint density at radius 2 is 1.50 bits per heavy atom. The Hall–Kier alpha value is -0.280. The second kappa shape index (κ2) is 3.62. The zero-order valence-corrected chi connectivity index (χ0v) is 9.16. The molecule has 2 nitrogen and oxygen atoms in total. The molecule has 0 spiro atoms. The van der Waals surface area contributed by atoms with Crippen molar-refractivity contribution in [3.05, 3.63) is 37.2 Å². The van der Waals surface area contributed by atoms with Gasteiger partial charge in [0.25, 0.3) is 0 Å². The summed E-state index contributed by atoms with van der Waals surface area (Å²) in [5.74, 6) is 0. The van der Waals surface area contributed by atoms with E-state index in [2.05, 4.69) is 22.0 Å². The molecule has 0 N–H and O–H groups in total. The summed E-state index contributed by atoms with van der Waals surface area (Å²) in [5, 5.41) is 2.46. The number of rotatable bonds is 2. The van der Waals surface area contributed by atoms with E-state index >= 15 is 0 Å². The summed E-state index contributed by atoms with van der Waals surface area (Å²) in [6, 6.07) is 3.98. The van der Waals surface area contributed by atoms with Crippen molar-refractivity contribution in [3.8, 4) is 0 Å². The molecule has 2 rings (SSSR count). The minimum Gasteiger partial charge on any atom is -0.472 e. The van der Waals surface area contributed by atoms with Gasteiger partial charge in [0.2, 0.25) is 0 Å². The smallest absolute Gasteiger partial charge is 0.0990 e. The summed E-state index contributed by atoms with van der Waals surface area (Å²) in [7, 11) is 0. The highest BCUT2D eigenvalue weighted by Gasteiger charge is 2.11. The Balaban J connectivity index is 2.27. The van der Waals surface area contributed by atoms with Gasteiger partial charge >= 0.3 is 0 Å². The first-order valence-corrected chi connectivity index (χ1v) is 7.51. The van der Waals surface area contributed by atoms with Gasteiger partial charge in [-0.2, -0.15) is 0 Å². The van der Waals surface area contributed by atoms with Gasteiger partial charge in [-0.15, -0.1) is 0 Å². The molecule has 0 bridgehead atoms. The SMILES string of the molecule is IP(c1ccoc1)c1ccoc1. The minimum absolute atomic E-state index is 0.314. The van der Waals surface area contributed by atoms with Gasteiger partial charge in [0.15, 0.2) is 0 Å². The van der Waals surface area contributed by atoms with E-state index in [-0.39, 0.29) is 5.56 Å². The van der Waals surface area contributed by atoms with Crippen LogP contribution in [0.3, 0.4) is 0 Å². The molecule has 0 saturated heterocycles. The highest BCUT2D eigenvalue weighted by Crippen LogP contribution is 2.42. The van der Waals surface area contributed by atoms with Gasteiger partial charge in [-0.25, -0.2) is 0 Å². The van der Waals surface area contributed by atoms with Crippen molar-refractivity contribution >= 4 is 38.2 Å². The molecule has 2 heterocycles. The summed E-state index contributed by atoms with van der Waals surface area (Å²) >= 11 is 2.41. The van der Waals surface area contributed by atoms with Crippen LogP contribution in [0.25, 0.3) is 0 Å². The third-order valence-electron chi connectivity index (χ3n) is 1.47. The molecule has 0 fully saturated rings. The van der Waals surface area contributed by atoms with Crippen molar-refractivity contribution in [1.82, 2.24) is 0 Å². The third kappa shape index (κ3) is 1.57. The van der Waals surface area contributed by atoms with E-state index in [4.69, 9.17) is 8.83 Å². The average molecular weight is 292 g/mol. The van der Waals surface area contributed by atoms with E-state index < -0.39 is 0 Å². The summed E-state index contributed by atoms with van der Waals surface area (Å²) in [4.78, 5) is 0. The fourth-order valence-corrected chi connectivity index (χ4v) is 3.52. The fourth-order valence-electron chi connectivity index (χ4n) is 0.887. The van der Waals surface area contributed by atoms with Crippen LogP contribution in [0, 0.1) is 0 Å². The Kier molecular flexibility index (Phi) is 2.51. The molecule has 12 heavy (non-hydrogen) atoms. The van der Waals surface area contributed by atoms with Gasteiger partial charge in [-0.05, 0) is 34.2 Å². The van der Waals surface area contributed by atoms with E-state index in [0.717, 1.165) is 0 Å². The van der Waals surface area contributed by atoms with Crippen LogP contribution in [0.2, 0.25) is 0 Å². The molecule has 0 aromatic carbocycles. The van der Waals surface area contributed by atoms with E-state index in [1.807, 2.05) is 12.1 Å². The summed E-state index contributed by atoms with van der Waals surface area (Å²) in [6.07, 6.45) is 6.96. The molecule has 62 valence electrons. The van der Waals surface area contributed by atoms with E-state index in [0.29, 0.717) is 0 Å². The number of hydrogen-bond acceptors (Lipinski definition) is 2. The second-order valence-electron chi connectivity index (χ2n) is 2.24. The lowest BCUT2D eigenvalue weighted by molar-refractivity contribution is 0.569. The van der Waals surface area contributed by atoms with Gasteiger partial charge in [0, 0.05) is 16.2 Å². The van der Waals surface area contributed by atoms with E-state index in [1.54, 1.807) is 25.1 Å². The van der Waals surface area contributed by atoms with Crippen LogP contribution in [0.1, 0.15) is 0 Å². The van der Waals surface area contributed by atoms with Crippen LogP contribution in [-0.2, 0) is 0 Å². The molecule has 0 amide bonds. The predicted molar refractivity (Wildman–Crippen MR) is 57.6 cm³/mol. The molecule has 0 aliphatic rings. The Morgan fingerprint density at radius 1 is 1.00 bits per heavy atom. The lowest BCUT2D eigenvalue weighted by atomic mass is 10.7. The number of halogens is 1. The Labute approximate surface area is 84.2 Å². The van der Waals surface area contributed by atoms with Gasteiger partial charge in [-0.3, -0.25) is 0 Å². The Bertz CT molecular complexity index is 294. The van der Waals surface area contributed by atoms with E-state index in [1.165, 1.54) is 10.6 Å². The van der Waals surface area contributed by atoms with Crippen LogP contribution in [0.4, 0.5) is 0 Å². The van der Waals surface area contributed by atoms with Crippen LogP contribution >= 0.6 is 27.6 Å². The van der Waals surface area contributed by atoms with Crippen molar-refractivity contribution in [2.24, 2.45) is 0 Å². The van der Waals surface area contributed by atoms with Crippen LogP contribution in [-0.4, -0.2) is 0 Å². The first-order valence-electron chi connectivity index (χ1n) is 3.38. The molecule has 0 radical (unpaired) electrons. The molecule has 0 aliphatic carbocycles. The van der Waals surface area contributed by atoms with E-state index in [9.17, 15) is 0 Å². The predicted octanol–water partition coefficient (Wildman–Crippen LogP) is 2.66. The number of furan rings is 2. The zero-order valence-electron chi connectivity index (χ0n) is 6.11. The molecule has 0 atom stereocenters. The van der Waals surface area contributed by atoms with Crippen molar-refractivity contribution in [2.45, 2.75) is 0 Å². The van der Waals surface area contributed by atoms with Crippen molar-refractivity contribution < 1.29 is 8.83 Å². The highest BCUT2D eigenvalue weighted by molar-refractivity contribution is 14.2. The van der Waals surface area contributed by atoms with Crippen LogP contribution in [0.5, 0.6) is 0 Å². The maximum Gasteiger partial charge on any atom is 0.0990 e. The molecule has 2 aromatic heterocycles. The molecular formula is C8H6IO2P. The molecule has 2 aromatic rings. The monoisotopic (exact) mass is 292 g/mol. The maximum atomic E-state index is 5.01. The van der Waals surface area contributed by atoms with Crippen molar-refractivity contribution in [2.75, 3.05) is 0 Å². The maximum absolute atomic E-state index is 5.01. The van der Waals surface area contributed by atoms with Gasteiger partial charge in [0.1, 0.15) is 0 Å². The lowest BCUT2D eigenvalue weighted by Gasteiger charge is -2.01. The van der Waals surface area contributed by atoms with Gasteiger partial charge in [0.05, 0.1) is 25.1 Å². The molecular weight excluding hydrogens is 286 g/mol. The topological polar surface area (TPSA) is 26.3 Å². The van der Waals surface area contributed by atoms with Crippen molar-refractivity contribution in [1.29, 1.82) is 0 Å². The summed E-state index contributed by atoms with van der Waals surface area (Å²) in [5.41, 5.74) is -0.314. The first kappa shape index (κ1) is 8.32. The Morgan fingerprint density at radius 3 is 1.83 bits per heavy atom. The fraction of sp³-hybridized carbons (Fsp3) is 0. The van der Waals surface area contributed by atoms with Gasteiger partial charge in [-0.1, -0.05) is 0 Å². The molecule has 0 unspecified atom stereocenters. The van der Waals surface area contributed by atoms with Gasteiger partial charge < -0.3 is 8.83 Å². The highest BCUT2D eigenvalue weighted by atomic mass is 127. The molecule has 4 heteroatoms. The standard InChI is InChI=1S/C8H6IO2P/c9-12(7-1-3-10-5-7)8-2-4-11-6-8/h1-6H. The molecule has 0 saturated carbocycles. The normalized spacial score (nSPS) is 10.8. The second-order valence-corrected chi connectivity index (χ2v) is 6.73. The summed E-state index contributed by atoms with van der Waals surface area (Å²) in [6.45, 7) is 0. The van der Waals surface area contributed by atoms with Crippen molar-refractivity contribution in [3.63, 3.8) is 0 Å². The first-order chi connectivity index (χ1) is 5.88. The average Bonchev–Trinajstić information content (AvgIpc) is 2.77. The largest absolute Gasteiger partial charge is 0.472 e. The van der Waals surface area contributed by atoms with Crippen LogP contribution < -0.4 is 10.6 Å². The zero-order chi connectivity index (χ0) is 8.39. The molecule has 0 aliphatic heterocycles. The summed E-state index contributed by atoms with van der Waals surface area (Å²) < 4.78 is 10.0. The third-order valence-corrected chi connectivity index (χ3v) is 6.22. The minimum atomic E-state index is -0.314. The van der Waals surface area contributed by atoms with Crippen LogP contribution in [0.15, 0.2) is 46.0 Å². The lowest BCUT2D eigenvalue weighted by Crippen LogP contribution is -2.02.